The normalized spacial score (nSPS) is 17.5. The summed E-state index contributed by atoms with van der Waals surface area (Å²) in [5, 5.41) is 3.59. The average Bonchev–Trinajstić information content (AvgIpc) is 2.57. The number of halogens is 1. The molecule has 2 aromatic heterocycles. The molecule has 0 aliphatic carbocycles. The molecule has 1 atom stereocenters. The third-order valence-electron chi connectivity index (χ3n) is 3.88. The van der Waals surface area contributed by atoms with E-state index >= 15 is 0 Å². The molecule has 0 spiro atoms. The fraction of sp³-hybridized carbons (Fsp3) is 0.333. The standard InChI is InChI=1S/C15H17ClN6O2/c16-11-6-9(12(17)23)7-20-13(11)21-10-2-1-5-22(8-10)14-15(24)19-4-3-18-14/h3-4,6-7,10H,1-2,5,8H2,(H2,17,23)(H,19,24)(H,20,21)/t10-/m1/s1. The van der Waals surface area contributed by atoms with E-state index in [9.17, 15) is 9.59 Å². The number of aromatic nitrogens is 3. The van der Waals surface area contributed by atoms with Gasteiger partial charge in [-0.3, -0.25) is 9.59 Å². The fourth-order valence-electron chi connectivity index (χ4n) is 2.73. The molecule has 2 aromatic rings. The number of primary amides is 1. The molecule has 8 nitrogen and oxygen atoms in total. The zero-order chi connectivity index (χ0) is 17.1. The first-order valence-corrected chi connectivity index (χ1v) is 7.93. The maximum atomic E-state index is 11.9. The number of nitrogens with zero attached hydrogens (tertiary/aromatic N) is 3. The van der Waals surface area contributed by atoms with Crippen molar-refractivity contribution in [3.05, 3.63) is 45.6 Å². The van der Waals surface area contributed by atoms with Gasteiger partial charge in [-0.15, -0.1) is 0 Å². The van der Waals surface area contributed by atoms with Crippen LogP contribution in [0, 0.1) is 0 Å². The number of nitrogens with two attached hydrogens (primary N) is 1. The second-order valence-electron chi connectivity index (χ2n) is 5.59. The molecule has 3 heterocycles. The van der Waals surface area contributed by atoms with Crippen LogP contribution in [-0.2, 0) is 0 Å². The molecule has 1 fully saturated rings. The lowest BCUT2D eigenvalue weighted by Gasteiger charge is -2.33. The van der Waals surface area contributed by atoms with Crippen LogP contribution in [-0.4, -0.2) is 40.0 Å². The third kappa shape index (κ3) is 3.48. The number of piperidine rings is 1. The predicted octanol–water partition coefficient (Wildman–Crippen LogP) is 0.998. The van der Waals surface area contributed by atoms with Crippen LogP contribution in [0.3, 0.4) is 0 Å². The van der Waals surface area contributed by atoms with E-state index in [1.54, 1.807) is 6.20 Å². The van der Waals surface area contributed by atoms with Crippen molar-refractivity contribution in [2.75, 3.05) is 23.3 Å². The highest BCUT2D eigenvalue weighted by Gasteiger charge is 2.23. The Morgan fingerprint density at radius 1 is 1.46 bits per heavy atom. The molecule has 126 valence electrons. The van der Waals surface area contributed by atoms with Crippen LogP contribution >= 0.6 is 11.6 Å². The molecular formula is C15H17ClN6O2. The Kier molecular flexibility index (Phi) is 4.66. The Morgan fingerprint density at radius 3 is 3.00 bits per heavy atom. The summed E-state index contributed by atoms with van der Waals surface area (Å²) in [4.78, 5) is 35.9. The minimum atomic E-state index is -0.575. The fourth-order valence-corrected chi connectivity index (χ4v) is 2.95. The Labute approximate surface area is 143 Å². The highest BCUT2D eigenvalue weighted by Crippen LogP contribution is 2.23. The first-order chi connectivity index (χ1) is 11.5. The molecule has 9 heteroatoms. The summed E-state index contributed by atoms with van der Waals surface area (Å²) in [7, 11) is 0. The Hall–Kier alpha value is -2.61. The van der Waals surface area contributed by atoms with Crippen molar-refractivity contribution in [3.63, 3.8) is 0 Å². The number of anilines is 2. The van der Waals surface area contributed by atoms with E-state index in [1.807, 2.05) is 4.90 Å². The molecule has 0 bridgehead atoms. The van der Waals surface area contributed by atoms with E-state index in [1.165, 1.54) is 18.5 Å². The van der Waals surface area contributed by atoms with Crippen molar-refractivity contribution in [2.24, 2.45) is 5.73 Å². The molecule has 1 saturated heterocycles. The zero-order valence-electron chi connectivity index (χ0n) is 12.8. The molecule has 4 N–H and O–H groups in total. The monoisotopic (exact) mass is 348 g/mol. The van der Waals surface area contributed by atoms with E-state index in [0.717, 1.165) is 19.4 Å². The number of rotatable bonds is 4. The number of carbonyl (C=O) groups excluding carboxylic acids is 1. The van der Waals surface area contributed by atoms with Crippen LogP contribution in [0.4, 0.5) is 11.6 Å². The number of aromatic amines is 1. The van der Waals surface area contributed by atoms with Crippen LogP contribution in [0.1, 0.15) is 23.2 Å². The summed E-state index contributed by atoms with van der Waals surface area (Å²) in [6.45, 7) is 1.37. The number of hydrogen-bond acceptors (Lipinski definition) is 6. The number of pyridine rings is 1. The van der Waals surface area contributed by atoms with Crippen molar-refractivity contribution in [1.29, 1.82) is 0 Å². The Morgan fingerprint density at radius 2 is 2.29 bits per heavy atom. The lowest BCUT2D eigenvalue weighted by Crippen LogP contribution is -2.44. The van der Waals surface area contributed by atoms with Gasteiger partial charge in [0.25, 0.3) is 5.56 Å². The van der Waals surface area contributed by atoms with Gasteiger partial charge in [-0.1, -0.05) is 11.6 Å². The van der Waals surface area contributed by atoms with Gasteiger partial charge < -0.3 is 20.9 Å². The summed E-state index contributed by atoms with van der Waals surface area (Å²) < 4.78 is 0. The number of H-pyrrole nitrogens is 1. The van der Waals surface area contributed by atoms with Gasteiger partial charge in [0.05, 0.1) is 10.6 Å². The number of carbonyl (C=O) groups is 1. The van der Waals surface area contributed by atoms with Crippen LogP contribution in [0.15, 0.2) is 29.5 Å². The second kappa shape index (κ2) is 6.88. The molecule has 1 aliphatic heterocycles. The summed E-state index contributed by atoms with van der Waals surface area (Å²) in [5.41, 5.74) is 5.26. The van der Waals surface area contributed by atoms with Gasteiger partial charge in [0, 0.05) is 37.7 Å². The zero-order valence-corrected chi connectivity index (χ0v) is 13.6. The Balaban J connectivity index is 1.73. The maximum Gasteiger partial charge on any atom is 0.290 e. The molecular weight excluding hydrogens is 332 g/mol. The minimum absolute atomic E-state index is 0.0598. The molecule has 1 amide bonds. The van der Waals surface area contributed by atoms with Gasteiger partial charge in [0.2, 0.25) is 5.91 Å². The topological polar surface area (TPSA) is 117 Å². The molecule has 0 saturated carbocycles. The van der Waals surface area contributed by atoms with E-state index in [-0.39, 0.29) is 17.2 Å². The second-order valence-corrected chi connectivity index (χ2v) is 6.00. The highest BCUT2D eigenvalue weighted by atomic mass is 35.5. The van der Waals surface area contributed by atoms with Gasteiger partial charge in [-0.25, -0.2) is 9.97 Å². The van der Waals surface area contributed by atoms with Gasteiger partial charge in [-0.2, -0.15) is 0 Å². The SMILES string of the molecule is NC(=O)c1cnc(N[C@@H]2CCCN(c3ncc[nH]c3=O)C2)c(Cl)c1. The number of hydrogen-bond donors (Lipinski definition) is 3. The van der Waals surface area contributed by atoms with Gasteiger partial charge in [0.15, 0.2) is 5.82 Å². The lowest BCUT2D eigenvalue weighted by molar-refractivity contribution is 0.1000. The van der Waals surface area contributed by atoms with E-state index in [4.69, 9.17) is 17.3 Å². The predicted molar refractivity (Wildman–Crippen MR) is 91.5 cm³/mol. The van der Waals surface area contributed by atoms with Crippen molar-refractivity contribution in [3.8, 4) is 0 Å². The largest absolute Gasteiger partial charge is 0.366 e. The van der Waals surface area contributed by atoms with Crippen LogP contribution < -0.4 is 21.5 Å². The van der Waals surface area contributed by atoms with Gasteiger partial charge in [-0.05, 0) is 18.9 Å². The van der Waals surface area contributed by atoms with E-state index in [0.29, 0.717) is 23.2 Å². The first kappa shape index (κ1) is 16.3. The summed E-state index contributed by atoms with van der Waals surface area (Å²) >= 11 is 6.16. The summed E-state index contributed by atoms with van der Waals surface area (Å²) in [6, 6.07) is 1.55. The van der Waals surface area contributed by atoms with Crippen LogP contribution in [0.2, 0.25) is 5.02 Å². The van der Waals surface area contributed by atoms with Crippen LogP contribution in [0.25, 0.3) is 0 Å². The summed E-state index contributed by atoms with van der Waals surface area (Å²) in [6.07, 6.45) is 6.28. The molecule has 0 radical (unpaired) electrons. The first-order valence-electron chi connectivity index (χ1n) is 7.55. The third-order valence-corrected chi connectivity index (χ3v) is 4.16. The molecule has 0 unspecified atom stereocenters. The van der Waals surface area contributed by atoms with Crippen molar-refractivity contribution >= 4 is 29.1 Å². The van der Waals surface area contributed by atoms with E-state index < -0.39 is 5.91 Å². The number of nitrogens with one attached hydrogen (secondary N) is 2. The lowest BCUT2D eigenvalue weighted by atomic mass is 10.1. The Bertz CT molecular complexity index is 809. The number of amides is 1. The minimum Gasteiger partial charge on any atom is -0.366 e. The van der Waals surface area contributed by atoms with Crippen molar-refractivity contribution in [1.82, 2.24) is 15.0 Å². The van der Waals surface area contributed by atoms with Crippen molar-refractivity contribution < 1.29 is 4.79 Å². The smallest absolute Gasteiger partial charge is 0.290 e. The summed E-state index contributed by atoms with van der Waals surface area (Å²) in [5.74, 6) is 0.324. The molecule has 0 aromatic carbocycles. The van der Waals surface area contributed by atoms with Gasteiger partial charge in [0.1, 0.15) is 5.82 Å². The quantitative estimate of drug-likeness (QED) is 0.758. The maximum absolute atomic E-state index is 11.9. The average molecular weight is 349 g/mol. The highest BCUT2D eigenvalue weighted by molar-refractivity contribution is 6.33. The molecule has 1 aliphatic rings. The van der Waals surface area contributed by atoms with Crippen LogP contribution in [0.5, 0.6) is 0 Å². The molecule has 24 heavy (non-hydrogen) atoms. The molecule has 3 rings (SSSR count). The van der Waals surface area contributed by atoms with Crippen molar-refractivity contribution in [2.45, 2.75) is 18.9 Å². The van der Waals surface area contributed by atoms with E-state index in [2.05, 4.69) is 20.3 Å². The van der Waals surface area contributed by atoms with Gasteiger partial charge >= 0.3 is 0 Å².